The number of anilines is 2. The zero-order valence-electron chi connectivity index (χ0n) is 15.4. The number of hydrogen-bond acceptors (Lipinski definition) is 4. The van der Waals surface area contributed by atoms with Gasteiger partial charge in [0.2, 0.25) is 0 Å². The van der Waals surface area contributed by atoms with E-state index in [0.29, 0.717) is 5.75 Å². The van der Waals surface area contributed by atoms with Gasteiger partial charge in [-0.05, 0) is 48.4 Å². The molecule has 0 bridgehead atoms. The predicted molar refractivity (Wildman–Crippen MR) is 105 cm³/mol. The largest absolute Gasteiger partial charge is 0.494 e. The minimum absolute atomic E-state index is 0.0522. The van der Waals surface area contributed by atoms with Gasteiger partial charge >= 0.3 is 0 Å². The Morgan fingerprint density at radius 2 is 2.04 bits per heavy atom. The quantitative estimate of drug-likeness (QED) is 0.807. The van der Waals surface area contributed by atoms with E-state index in [1.807, 2.05) is 24.3 Å². The maximum atomic E-state index is 12.7. The van der Waals surface area contributed by atoms with Crippen LogP contribution < -0.4 is 15.4 Å². The van der Waals surface area contributed by atoms with Crippen LogP contribution in [0.3, 0.4) is 0 Å². The number of fused-ring (bicyclic) bond motifs is 1. The predicted octanol–water partition coefficient (Wildman–Crippen LogP) is 5.05. The Balaban J connectivity index is 1.85. The highest BCUT2D eigenvalue weighted by Crippen LogP contribution is 2.35. The van der Waals surface area contributed by atoms with Crippen molar-refractivity contribution in [3.05, 3.63) is 39.6 Å². The van der Waals surface area contributed by atoms with Crippen molar-refractivity contribution in [2.24, 2.45) is 0 Å². The van der Waals surface area contributed by atoms with Gasteiger partial charge in [0, 0.05) is 23.2 Å². The van der Waals surface area contributed by atoms with Crippen molar-refractivity contribution in [3.63, 3.8) is 0 Å². The molecule has 0 saturated heterocycles. The zero-order valence-corrected chi connectivity index (χ0v) is 16.2. The number of nitrogens with one attached hydrogen (secondary N) is 2. The van der Waals surface area contributed by atoms with Crippen LogP contribution in [0.5, 0.6) is 5.75 Å². The third kappa shape index (κ3) is 3.98. The number of ether oxygens (including phenoxy) is 1. The molecule has 0 unspecified atom stereocenters. The number of hydrogen-bond donors (Lipinski definition) is 2. The molecule has 1 aliphatic rings. The number of amides is 1. The lowest BCUT2D eigenvalue weighted by molar-refractivity contribution is 0.103. The Hall–Kier alpha value is -2.01. The number of aryl methyl sites for hydroxylation is 1. The van der Waals surface area contributed by atoms with Crippen LogP contribution >= 0.6 is 11.3 Å². The van der Waals surface area contributed by atoms with E-state index in [9.17, 15) is 4.79 Å². The van der Waals surface area contributed by atoms with E-state index in [0.717, 1.165) is 42.1 Å². The number of methoxy groups -OCH3 is 1. The van der Waals surface area contributed by atoms with Crippen molar-refractivity contribution in [2.75, 3.05) is 24.3 Å². The molecule has 2 heterocycles. The zero-order chi connectivity index (χ0) is 18.0. The third-order valence-electron chi connectivity index (χ3n) is 4.43. The first-order valence-corrected chi connectivity index (χ1v) is 9.56. The highest BCUT2D eigenvalue weighted by molar-refractivity contribution is 7.14. The molecule has 0 saturated carbocycles. The Morgan fingerprint density at radius 3 is 2.72 bits per heavy atom. The summed E-state index contributed by atoms with van der Waals surface area (Å²) in [5.74, 6) is 0.606. The fourth-order valence-corrected chi connectivity index (χ4v) is 3.93. The van der Waals surface area contributed by atoms with Gasteiger partial charge < -0.3 is 15.4 Å². The Morgan fingerprint density at radius 1 is 1.24 bits per heavy atom. The smallest absolute Gasteiger partial charge is 0.265 e. The first kappa shape index (κ1) is 17.8. The van der Waals surface area contributed by atoms with E-state index >= 15 is 0 Å². The van der Waals surface area contributed by atoms with Crippen molar-refractivity contribution >= 4 is 28.6 Å². The Bertz CT molecular complexity index is 774. The van der Waals surface area contributed by atoms with Crippen LogP contribution in [0.4, 0.5) is 11.4 Å². The molecule has 1 aromatic carbocycles. The standard InChI is InChI=1S/C20H26N2O2S/c1-20(2,3)18-9-8-17(25-18)19(23)22-15-11-13-7-5-6-10-21-14(13)12-16(15)24-4/h8-9,11-12,21H,5-7,10H2,1-4H3,(H,22,23). The molecule has 3 rings (SSSR count). The lowest BCUT2D eigenvalue weighted by Crippen LogP contribution is -2.12. The number of carbonyl (C=O) groups is 1. The number of benzene rings is 1. The van der Waals surface area contributed by atoms with E-state index in [1.165, 1.54) is 10.4 Å². The molecule has 4 nitrogen and oxygen atoms in total. The molecule has 1 aromatic heterocycles. The summed E-state index contributed by atoms with van der Waals surface area (Å²) < 4.78 is 5.50. The molecule has 5 heteroatoms. The third-order valence-corrected chi connectivity index (χ3v) is 5.94. The fourth-order valence-electron chi connectivity index (χ4n) is 2.97. The molecule has 0 aliphatic carbocycles. The summed E-state index contributed by atoms with van der Waals surface area (Å²) in [4.78, 5) is 14.6. The lowest BCUT2D eigenvalue weighted by Gasteiger charge is -2.16. The van der Waals surface area contributed by atoms with Gasteiger partial charge in [0.05, 0.1) is 17.7 Å². The van der Waals surface area contributed by atoms with Gasteiger partial charge in [-0.25, -0.2) is 0 Å². The van der Waals surface area contributed by atoms with E-state index in [-0.39, 0.29) is 11.3 Å². The second kappa shape index (κ2) is 7.08. The summed E-state index contributed by atoms with van der Waals surface area (Å²) in [6, 6.07) is 7.98. The lowest BCUT2D eigenvalue weighted by atomic mass is 9.95. The van der Waals surface area contributed by atoms with Crippen LogP contribution in [0.25, 0.3) is 0 Å². The van der Waals surface area contributed by atoms with Crippen LogP contribution in [0.1, 0.15) is 53.7 Å². The average molecular weight is 359 g/mol. The first-order chi connectivity index (χ1) is 11.9. The van der Waals surface area contributed by atoms with Crippen molar-refractivity contribution in [1.82, 2.24) is 0 Å². The molecule has 0 radical (unpaired) electrons. The van der Waals surface area contributed by atoms with Gasteiger partial charge in [-0.3, -0.25) is 4.79 Å². The Kier molecular flexibility index (Phi) is 5.04. The second-order valence-corrected chi connectivity index (χ2v) is 8.55. The first-order valence-electron chi connectivity index (χ1n) is 8.75. The summed E-state index contributed by atoms with van der Waals surface area (Å²) in [5, 5.41) is 6.47. The van der Waals surface area contributed by atoms with Crippen molar-refractivity contribution < 1.29 is 9.53 Å². The van der Waals surface area contributed by atoms with E-state index in [4.69, 9.17) is 4.74 Å². The maximum Gasteiger partial charge on any atom is 0.265 e. The minimum Gasteiger partial charge on any atom is -0.494 e. The normalized spacial score (nSPS) is 14.2. The second-order valence-electron chi connectivity index (χ2n) is 7.46. The molecular formula is C20H26N2O2S. The molecular weight excluding hydrogens is 332 g/mol. The van der Waals surface area contributed by atoms with Crippen LogP contribution in [-0.2, 0) is 11.8 Å². The van der Waals surface area contributed by atoms with Crippen LogP contribution in [-0.4, -0.2) is 19.6 Å². The Labute approximate surface area is 153 Å². The van der Waals surface area contributed by atoms with E-state index in [1.54, 1.807) is 18.4 Å². The number of carbonyl (C=O) groups excluding carboxylic acids is 1. The topological polar surface area (TPSA) is 50.4 Å². The van der Waals surface area contributed by atoms with Gasteiger partial charge in [0.25, 0.3) is 5.91 Å². The molecule has 134 valence electrons. The summed E-state index contributed by atoms with van der Waals surface area (Å²) >= 11 is 1.55. The molecule has 1 aliphatic heterocycles. The summed E-state index contributed by atoms with van der Waals surface area (Å²) in [6.07, 6.45) is 3.32. The van der Waals surface area contributed by atoms with Gasteiger partial charge in [-0.2, -0.15) is 0 Å². The molecule has 1 amide bonds. The maximum absolute atomic E-state index is 12.7. The monoisotopic (exact) mass is 358 g/mol. The average Bonchev–Trinajstić information content (AvgIpc) is 2.96. The van der Waals surface area contributed by atoms with E-state index < -0.39 is 0 Å². The summed E-state index contributed by atoms with van der Waals surface area (Å²) in [5.41, 5.74) is 3.13. The van der Waals surface area contributed by atoms with Crippen molar-refractivity contribution in [3.8, 4) is 5.75 Å². The van der Waals surface area contributed by atoms with Crippen molar-refractivity contribution in [2.45, 2.75) is 45.4 Å². The van der Waals surface area contributed by atoms with Gasteiger partial charge in [0.1, 0.15) is 5.75 Å². The molecule has 2 N–H and O–H groups in total. The number of rotatable bonds is 3. The molecule has 2 aromatic rings. The molecule has 0 atom stereocenters. The van der Waals surface area contributed by atoms with Crippen molar-refractivity contribution in [1.29, 1.82) is 0 Å². The molecule has 0 fully saturated rings. The summed E-state index contributed by atoms with van der Waals surface area (Å²) in [7, 11) is 1.64. The SMILES string of the molecule is COc1cc2c(cc1NC(=O)c1ccc(C(C)(C)C)s1)CCCCN2. The fraction of sp³-hybridized carbons (Fsp3) is 0.450. The van der Waals surface area contributed by atoms with Crippen LogP contribution in [0.2, 0.25) is 0 Å². The summed E-state index contributed by atoms with van der Waals surface area (Å²) in [6.45, 7) is 7.45. The molecule has 0 spiro atoms. The highest BCUT2D eigenvalue weighted by atomic mass is 32.1. The minimum atomic E-state index is -0.0830. The number of thiophene rings is 1. The van der Waals surface area contributed by atoms with Crippen LogP contribution in [0, 0.1) is 0 Å². The highest BCUT2D eigenvalue weighted by Gasteiger charge is 2.20. The molecule has 25 heavy (non-hydrogen) atoms. The van der Waals surface area contributed by atoms with Gasteiger partial charge in [-0.1, -0.05) is 20.8 Å². The van der Waals surface area contributed by atoms with Crippen LogP contribution in [0.15, 0.2) is 24.3 Å². The van der Waals surface area contributed by atoms with E-state index in [2.05, 4.69) is 31.4 Å². The van der Waals surface area contributed by atoms with Gasteiger partial charge in [-0.15, -0.1) is 11.3 Å². The van der Waals surface area contributed by atoms with Gasteiger partial charge in [0.15, 0.2) is 0 Å².